The summed E-state index contributed by atoms with van der Waals surface area (Å²) in [6.45, 7) is 1.85. The molecule has 1 saturated heterocycles. The molecule has 0 amide bonds. The summed E-state index contributed by atoms with van der Waals surface area (Å²) in [6, 6.07) is 14.3. The monoisotopic (exact) mass is 499 g/mol. The van der Waals surface area contributed by atoms with Crippen LogP contribution in [0.4, 0.5) is 24.7 Å². The Hall–Kier alpha value is -3.91. The Labute approximate surface area is 205 Å². The lowest BCUT2D eigenvalue weighted by atomic mass is 10.1. The molecule has 8 nitrogen and oxygen atoms in total. The number of esters is 1. The van der Waals surface area contributed by atoms with Gasteiger partial charge in [0, 0.05) is 39.0 Å². The molecule has 0 N–H and O–H groups in total. The second kappa shape index (κ2) is 10.8. The minimum Gasteiger partial charge on any atom is -0.462 e. The number of hydrogen-bond donors (Lipinski definition) is 0. The van der Waals surface area contributed by atoms with Gasteiger partial charge in [0.2, 0.25) is 0 Å². The molecule has 1 aromatic heterocycles. The molecule has 1 aliphatic heterocycles. The summed E-state index contributed by atoms with van der Waals surface area (Å²) in [5.41, 5.74) is 1.09. The lowest BCUT2D eigenvalue weighted by molar-refractivity contribution is -0.145. The third kappa shape index (κ3) is 5.49. The van der Waals surface area contributed by atoms with E-state index in [9.17, 15) is 23.2 Å². The van der Waals surface area contributed by atoms with E-state index in [0.717, 1.165) is 12.1 Å². The fourth-order valence-corrected chi connectivity index (χ4v) is 4.02. The molecule has 1 unspecified atom stereocenters. The maximum atomic E-state index is 13.1. The van der Waals surface area contributed by atoms with Crippen LogP contribution in [-0.4, -0.2) is 62.4 Å². The summed E-state index contributed by atoms with van der Waals surface area (Å²) in [5, 5.41) is 9.82. The maximum Gasteiger partial charge on any atom is 0.416 e. The van der Waals surface area contributed by atoms with Gasteiger partial charge in [-0.2, -0.15) is 18.4 Å². The molecular formula is C25H24F3N5O3. The number of aromatic nitrogens is 2. The second-order valence-corrected chi connectivity index (χ2v) is 8.17. The first-order chi connectivity index (χ1) is 17.3. The fraction of sp³-hybridized carbons (Fsp3) is 0.360. The molecule has 11 heteroatoms. The Morgan fingerprint density at radius 1 is 1.03 bits per heavy atom. The van der Waals surface area contributed by atoms with Crippen molar-refractivity contribution in [2.75, 3.05) is 56.3 Å². The third-order valence-electron chi connectivity index (χ3n) is 5.87. The Balaban J connectivity index is 1.60. The molecule has 0 spiro atoms. The minimum absolute atomic E-state index is 0.000476. The van der Waals surface area contributed by atoms with Crippen molar-refractivity contribution in [1.82, 2.24) is 9.97 Å². The third-order valence-corrected chi connectivity index (χ3v) is 5.87. The number of fused-ring (bicyclic) bond motifs is 1. The van der Waals surface area contributed by atoms with Crippen molar-refractivity contribution in [3.63, 3.8) is 0 Å². The number of alkyl halides is 3. The number of anilines is 2. The first-order valence-corrected chi connectivity index (χ1v) is 11.3. The number of carbonyl (C=O) groups excluding carboxylic acids is 1. The first-order valence-electron chi connectivity index (χ1n) is 11.3. The van der Waals surface area contributed by atoms with Gasteiger partial charge in [-0.25, -0.2) is 9.97 Å². The van der Waals surface area contributed by atoms with Crippen LogP contribution in [0.25, 0.3) is 11.0 Å². The van der Waals surface area contributed by atoms with Crippen molar-refractivity contribution in [2.45, 2.75) is 12.1 Å². The van der Waals surface area contributed by atoms with E-state index >= 15 is 0 Å². The van der Waals surface area contributed by atoms with Gasteiger partial charge in [0.25, 0.3) is 0 Å². The Morgan fingerprint density at radius 3 is 2.33 bits per heavy atom. The number of hydrogen-bond acceptors (Lipinski definition) is 8. The van der Waals surface area contributed by atoms with E-state index < -0.39 is 23.6 Å². The van der Waals surface area contributed by atoms with Crippen LogP contribution >= 0.6 is 0 Å². The zero-order chi connectivity index (χ0) is 25.7. The summed E-state index contributed by atoms with van der Waals surface area (Å²) in [7, 11) is 1.47. The van der Waals surface area contributed by atoms with Gasteiger partial charge < -0.3 is 19.3 Å². The van der Waals surface area contributed by atoms with Gasteiger partial charge in [0.1, 0.15) is 12.3 Å². The van der Waals surface area contributed by atoms with Crippen molar-refractivity contribution in [1.29, 1.82) is 5.26 Å². The number of methoxy groups -OCH3 is 1. The first kappa shape index (κ1) is 25.2. The molecule has 2 aromatic carbocycles. The predicted octanol–water partition coefficient (Wildman–Crippen LogP) is 3.77. The summed E-state index contributed by atoms with van der Waals surface area (Å²) < 4.78 is 49.5. The van der Waals surface area contributed by atoms with Gasteiger partial charge in [0.05, 0.1) is 29.3 Å². The van der Waals surface area contributed by atoms with E-state index in [2.05, 4.69) is 4.98 Å². The topological polar surface area (TPSA) is 91.6 Å². The number of piperazine rings is 1. The summed E-state index contributed by atoms with van der Waals surface area (Å²) in [6.07, 6.45) is -4.42. The average molecular weight is 499 g/mol. The lowest BCUT2D eigenvalue weighted by Crippen LogP contribution is -2.47. The van der Waals surface area contributed by atoms with Gasteiger partial charge in [-0.05, 0) is 30.3 Å². The van der Waals surface area contributed by atoms with E-state index in [-0.39, 0.29) is 18.9 Å². The Morgan fingerprint density at radius 2 is 1.69 bits per heavy atom. The molecule has 2 heterocycles. The van der Waals surface area contributed by atoms with E-state index in [1.807, 2.05) is 21.9 Å². The number of nitrogens with zero attached hydrogens (tertiary/aromatic N) is 5. The molecule has 4 rings (SSSR count). The fourth-order valence-electron chi connectivity index (χ4n) is 4.02. The highest BCUT2D eigenvalue weighted by molar-refractivity contribution is 5.85. The van der Waals surface area contributed by atoms with Crippen LogP contribution in [0.5, 0.6) is 0 Å². The number of para-hydroxylation sites is 2. The zero-order valence-electron chi connectivity index (χ0n) is 19.5. The predicted molar refractivity (Wildman–Crippen MR) is 127 cm³/mol. The molecule has 0 aliphatic carbocycles. The zero-order valence-corrected chi connectivity index (χ0v) is 19.5. The maximum absolute atomic E-state index is 13.1. The van der Waals surface area contributed by atoms with Crippen molar-refractivity contribution in [3.05, 3.63) is 59.8 Å². The van der Waals surface area contributed by atoms with Crippen LogP contribution < -0.4 is 9.80 Å². The molecule has 0 bridgehead atoms. The normalized spacial score (nSPS) is 15.0. The number of carbonyl (C=O) groups is 1. The standard InChI is InChI=1S/C25H24F3N5O3/c1-35-13-14-36-24(34)19(16-29)22-23(31-21-8-3-2-7-20(21)30-22)33-11-9-32(10-12-33)18-6-4-5-17(15-18)25(26,27)28/h2-8,15,19H,9-14H2,1H3. The second-order valence-electron chi connectivity index (χ2n) is 8.17. The number of rotatable bonds is 7. The van der Waals surface area contributed by atoms with E-state index in [4.69, 9.17) is 14.5 Å². The smallest absolute Gasteiger partial charge is 0.416 e. The van der Waals surface area contributed by atoms with Crippen LogP contribution in [0.3, 0.4) is 0 Å². The van der Waals surface area contributed by atoms with Crippen molar-refractivity contribution < 1.29 is 27.4 Å². The van der Waals surface area contributed by atoms with Crippen LogP contribution in [0.15, 0.2) is 48.5 Å². The molecule has 0 saturated carbocycles. The van der Waals surface area contributed by atoms with Crippen molar-refractivity contribution >= 4 is 28.5 Å². The van der Waals surface area contributed by atoms with Crippen LogP contribution in [0.2, 0.25) is 0 Å². The van der Waals surface area contributed by atoms with E-state index in [1.54, 1.807) is 24.3 Å². The SMILES string of the molecule is COCCOC(=O)C(C#N)c1nc2ccccc2nc1N1CCN(c2cccc(C(F)(F)F)c2)CC1. The van der Waals surface area contributed by atoms with Gasteiger partial charge in [-0.1, -0.05) is 18.2 Å². The molecule has 1 fully saturated rings. The molecule has 1 atom stereocenters. The molecule has 3 aromatic rings. The lowest BCUT2D eigenvalue weighted by Gasteiger charge is -2.37. The molecule has 36 heavy (non-hydrogen) atoms. The molecule has 188 valence electrons. The van der Waals surface area contributed by atoms with Crippen molar-refractivity contribution in [2.24, 2.45) is 0 Å². The summed E-state index contributed by atoms with van der Waals surface area (Å²) in [4.78, 5) is 25.7. The highest BCUT2D eigenvalue weighted by Gasteiger charge is 2.33. The number of ether oxygens (including phenoxy) is 2. The van der Waals surface area contributed by atoms with Gasteiger partial charge >= 0.3 is 12.1 Å². The van der Waals surface area contributed by atoms with E-state index in [1.165, 1.54) is 13.2 Å². The van der Waals surface area contributed by atoms with Crippen LogP contribution in [0.1, 0.15) is 17.2 Å². The quantitative estimate of drug-likeness (QED) is 0.358. The highest BCUT2D eigenvalue weighted by atomic mass is 19.4. The van der Waals surface area contributed by atoms with Gasteiger partial charge in [-0.15, -0.1) is 0 Å². The largest absolute Gasteiger partial charge is 0.462 e. The minimum atomic E-state index is -4.42. The Kier molecular flexibility index (Phi) is 7.55. The van der Waals surface area contributed by atoms with Gasteiger partial charge in [0.15, 0.2) is 11.7 Å². The van der Waals surface area contributed by atoms with Crippen molar-refractivity contribution in [3.8, 4) is 6.07 Å². The molecular weight excluding hydrogens is 475 g/mol. The average Bonchev–Trinajstić information content (AvgIpc) is 2.88. The van der Waals surface area contributed by atoms with Crippen LogP contribution in [-0.2, 0) is 20.4 Å². The summed E-state index contributed by atoms with van der Waals surface area (Å²) >= 11 is 0. The number of nitriles is 1. The molecule has 0 radical (unpaired) electrons. The van der Waals surface area contributed by atoms with Gasteiger partial charge in [-0.3, -0.25) is 4.79 Å². The summed E-state index contributed by atoms with van der Waals surface area (Å²) in [5.74, 6) is -1.66. The highest BCUT2D eigenvalue weighted by Crippen LogP contribution is 2.33. The molecule has 1 aliphatic rings. The van der Waals surface area contributed by atoms with E-state index in [0.29, 0.717) is 48.7 Å². The Bertz CT molecular complexity index is 1270. The number of benzene rings is 2. The van der Waals surface area contributed by atoms with Crippen LogP contribution in [0, 0.1) is 11.3 Å². The number of halogens is 3.